The van der Waals surface area contributed by atoms with Crippen molar-refractivity contribution in [1.29, 1.82) is 0 Å². The maximum atomic E-state index is 13.5. The third-order valence-electron chi connectivity index (χ3n) is 5.67. The van der Waals surface area contributed by atoms with Crippen molar-refractivity contribution in [1.82, 2.24) is 5.43 Å². The molecule has 0 fully saturated rings. The summed E-state index contributed by atoms with van der Waals surface area (Å²) in [6, 6.07) is 23.0. The Hall–Kier alpha value is -3.16. The minimum Gasteiger partial charge on any atom is -0.271 e. The number of nitrogens with one attached hydrogen (secondary N) is 1. The highest BCUT2D eigenvalue weighted by Gasteiger charge is 2.28. The smallest absolute Gasteiger partial charge is 0.264 e. The quantitative estimate of drug-likeness (QED) is 0.295. The van der Waals surface area contributed by atoms with Crippen LogP contribution in [0.5, 0.6) is 0 Å². The number of carbonyl (C=O) groups excluding carboxylic acids is 1. The fraction of sp³-hybridized carbons (Fsp3) is 0.259. The van der Waals surface area contributed by atoms with Crippen LogP contribution in [0.25, 0.3) is 0 Å². The lowest BCUT2D eigenvalue weighted by molar-refractivity contribution is -0.119. The summed E-state index contributed by atoms with van der Waals surface area (Å²) in [7, 11) is -4.01. The summed E-state index contributed by atoms with van der Waals surface area (Å²) in [6.07, 6.45) is 0.625. The molecule has 0 aliphatic carbocycles. The van der Waals surface area contributed by atoms with Gasteiger partial charge in [-0.15, -0.1) is 0 Å². The van der Waals surface area contributed by atoms with Crippen molar-refractivity contribution in [2.45, 2.75) is 44.4 Å². The van der Waals surface area contributed by atoms with Gasteiger partial charge >= 0.3 is 0 Å². The first-order valence-corrected chi connectivity index (χ1v) is 13.0. The predicted octanol–water partition coefficient (Wildman–Crippen LogP) is 5.70. The molecule has 0 unspecified atom stereocenters. The molecule has 3 rings (SSSR count). The standard InChI is InChI=1S/C27H30ClN3O3S/c1-20-17-23(28)15-16-25(20)31(35(33,34)24-13-9-6-10-14-24)19-26(32)30-29-21(2)18-27(3,4)22-11-7-5-8-12-22/h5-17H,18-19H2,1-4H3,(H,30,32)/b29-21-. The van der Waals surface area contributed by atoms with E-state index in [1.54, 1.807) is 43.3 Å². The third-order valence-corrected chi connectivity index (χ3v) is 7.68. The van der Waals surface area contributed by atoms with Crippen LogP contribution < -0.4 is 9.73 Å². The van der Waals surface area contributed by atoms with Gasteiger partial charge in [0.25, 0.3) is 15.9 Å². The number of nitrogens with zero attached hydrogens (tertiary/aromatic N) is 2. The number of anilines is 1. The van der Waals surface area contributed by atoms with Crippen LogP contribution >= 0.6 is 11.6 Å². The highest BCUT2D eigenvalue weighted by molar-refractivity contribution is 7.92. The third kappa shape index (κ3) is 6.71. The minimum absolute atomic E-state index is 0.0893. The Morgan fingerprint density at radius 2 is 1.60 bits per heavy atom. The van der Waals surface area contributed by atoms with E-state index in [1.165, 1.54) is 17.7 Å². The summed E-state index contributed by atoms with van der Waals surface area (Å²) in [5, 5.41) is 4.73. The highest BCUT2D eigenvalue weighted by atomic mass is 35.5. The number of amides is 1. The lowest BCUT2D eigenvalue weighted by Gasteiger charge is -2.26. The minimum atomic E-state index is -4.01. The van der Waals surface area contributed by atoms with Gasteiger partial charge < -0.3 is 0 Å². The number of carbonyl (C=O) groups is 1. The Bertz CT molecular complexity index is 1310. The van der Waals surface area contributed by atoms with Crippen LogP contribution in [0.1, 0.15) is 38.3 Å². The van der Waals surface area contributed by atoms with E-state index in [0.29, 0.717) is 22.7 Å². The molecule has 0 saturated heterocycles. The second-order valence-corrected chi connectivity index (χ2v) is 11.4. The fourth-order valence-corrected chi connectivity index (χ4v) is 5.65. The lowest BCUT2D eigenvalue weighted by Crippen LogP contribution is -2.40. The van der Waals surface area contributed by atoms with Crippen LogP contribution in [0.3, 0.4) is 0 Å². The van der Waals surface area contributed by atoms with Gasteiger partial charge in [0, 0.05) is 10.7 Å². The lowest BCUT2D eigenvalue weighted by atomic mass is 9.80. The summed E-state index contributed by atoms with van der Waals surface area (Å²) in [5.74, 6) is -0.546. The van der Waals surface area contributed by atoms with Gasteiger partial charge in [-0.25, -0.2) is 13.8 Å². The molecule has 3 aromatic carbocycles. The molecule has 1 N–H and O–H groups in total. The number of aryl methyl sites for hydroxylation is 1. The van der Waals surface area contributed by atoms with Gasteiger partial charge in [0.1, 0.15) is 6.54 Å². The molecule has 184 valence electrons. The topological polar surface area (TPSA) is 78.8 Å². The van der Waals surface area contributed by atoms with Gasteiger partial charge in [-0.2, -0.15) is 5.10 Å². The first kappa shape index (κ1) is 26.4. The van der Waals surface area contributed by atoms with Crippen molar-refractivity contribution in [3.8, 4) is 0 Å². The molecule has 35 heavy (non-hydrogen) atoms. The van der Waals surface area contributed by atoms with Crippen molar-refractivity contribution in [3.63, 3.8) is 0 Å². The van der Waals surface area contributed by atoms with E-state index >= 15 is 0 Å². The van der Waals surface area contributed by atoms with Crippen molar-refractivity contribution in [2.24, 2.45) is 5.10 Å². The number of sulfonamides is 1. The summed E-state index contributed by atoms with van der Waals surface area (Å²) >= 11 is 6.08. The molecule has 8 heteroatoms. The molecule has 0 atom stereocenters. The van der Waals surface area contributed by atoms with E-state index in [-0.39, 0.29) is 10.3 Å². The molecule has 0 radical (unpaired) electrons. The molecular formula is C27H30ClN3O3S. The molecule has 0 aromatic heterocycles. The molecule has 1 amide bonds. The van der Waals surface area contributed by atoms with Crippen LogP contribution in [0.4, 0.5) is 5.69 Å². The van der Waals surface area contributed by atoms with Gasteiger partial charge in [-0.1, -0.05) is 74.0 Å². The SMILES string of the molecule is C/C(CC(C)(C)c1ccccc1)=N/NC(=O)CN(c1ccc(Cl)cc1C)S(=O)(=O)c1ccccc1. The summed E-state index contributed by atoms with van der Waals surface area (Å²) in [4.78, 5) is 13.0. The van der Waals surface area contributed by atoms with E-state index in [9.17, 15) is 13.2 Å². The Labute approximate surface area is 212 Å². The molecule has 0 spiro atoms. The van der Waals surface area contributed by atoms with Gasteiger partial charge in [0.15, 0.2) is 0 Å². The second kappa shape index (κ2) is 11.1. The number of benzene rings is 3. The van der Waals surface area contributed by atoms with Crippen molar-refractivity contribution >= 4 is 38.9 Å². The van der Waals surface area contributed by atoms with Gasteiger partial charge in [0.2, 0.25) is 0 Å². The van der Waals surface area contributed by atoms with E-state index in [4.69, 9.17) is 11.6 Å². The molecule has 0 saturated carbocycles. The van der Waals surface area contributed by atoms with Crippen molar-refractivity contribution < 1.29 is 13.2 Å². The van der Waals surface area contributed by atoms with E-state index in [2.05, 4.69) is 36.5 Å². The fourth-order valence-electron chi connectivity index (χ4n) is 3.91. The molecular weight excluding hydrogens is 482 g/mol. The predicted molar refractivity (Wildman–Crippen MR) is 142 cm³/mol. The molecule has 0 heterocycles. The summed E-state index contributed by atoms with van der Waals surface area (Å²) < 4.78 is 28.0. The summed E-state index contributed by atoms with van der Waals surface area (Å²) in [6.45, 7) is 7.38. The highest BCUT2D eigenvalue weighted by Crippen LogP contribution is 2.29. The summed E-state index contributed by atoms with van der Waals surface area (Å²) in [5.41, 5.74) is 5.25. The number of hydrazone groups is 1. The van der Waals surface area contributed by atoms with Crippen molar-refractivity contribution in [2.75, 3.05) is 10.8 Å². The molecule has 0 bridgehead atoms. The second-order valence-electron chi connectivity index (χ2n) is 9.06. The number of hydrogen-bond donors (Lipinski definition) is 1. The maximum absolute atomic E-state index is 13.5. The molecule has 3 aromatic rings. The Morgan fingerprint density at radius 1 is 1.00 bits per heavy atom. The van der Waals surface area contributed by atoms with E-state index in [0.717, 1.165) is 10.0 Å². The van der Waals surface area contributed by atoms with E-state index < -0.39 is 22.5 Å². The maximum Gasteiger partial charge on any atom is 0.264 e. The Morgan fingerprint density at radius 3 is 2.20 bits per heavy atom. The monoisotopic (exact) mass is 511 g/mol. The van der Waals surface area contributed by atoms with Crippen LogP contribution in [0.2, 0.25) is 5.02 Å². The normalized spacial score (nSPS) is 12.3. The molecule has 0 aliphatic heterocycles. The zero-order chi connectivity index (χ0) is 25.6. The van der Waals surface area contributed by atoms with Crippen LogP contribution in [0.15, 0.2) is 88.9 Å². The van der Waals surface area contributed by atoms with E-state index in [1.807, 2.05) is 25.1 Å². The zero-order valence-electron chi connectivity index (χ0n) is 20.3. The average molecular weight is 512 g/mol. The Kier molecular flexibility index (Phi) is 8.35. The molecule has 0 aliphatic rings. The van der Waals surface area contributed by atoms with Gasteiger partial charge in [0.05, 0.1) is 10.6 Å². The molecule has 6 nitrogen and oxygen atoms in total. The largest absolute Gasteiger partial charge is 0.271 e. The number of halogens is 1. The average Bonchev–Trinajstić information content (AvgIpc) is 2.82. The van der Waals surface area contributed by atoms with Crippen LogP contribution in [-0.2, 0) is 20.2 Å². The first-order chi connectivity index (χ1) is 16.5. The first-order valence-electron chi connectivity index (χ1n) is 11.2. The van der Waals surface area contributed by atoms with Gasteiger partial charge in [-0.05, 0) is 67.1 Å². The van der Waals surface area contributed by atoms with Crippen LogP contribution in [0, 0.1) is 6.92 Å². The van der Waals surface area contributed by atoms with Crippen LogP contribution in [-0.4, -0.2) is 26.6 Å². The zero-order valence-corrected chi connectivity index (χ0v) is 21.9. The Balaban J connectivity index is 1.82. The number of rotatable bonds is 9. The van der Waals surface area contributed by atoms with Crippen molar-refractivity contribution in [3.05, 3.63) is 95.0 Å². The number of hydrogen-bond acceptors (Lipinski definition) is 4. The van der Waals surface area contributed by atoms with Gasteiger partial charge in [-0.3, -0.25) is 9.10 Å².